The number of amides is 4. The van der Waals surface area contributed by atoms with Gasteiger partial charge in [-0.1, -0.05) is 193 Å². The Bertz CT molecular complexity index is 3000. The number of rotatable bonds is 58. The number of carboxylic acids is 1. The Labute approximate surface area is 719 Å². The van der Waals surface area contributed by atoms with Crippen LogP contribution in [0.2, 0.25) is 0 Å². The summed E-state index contributed by atoms with van der Waals surface area (Å²) >= 11 is 0. The van der Waals surface area contributed by atoms with E-state index in [2.05, 4.69) is 35.1 Å². The number of aliphatic hydroxyl groups is 18. The monoisotopic (exact) mass is 1780 g/mol. The largest absolute Gasteiger partial charge is 0.477 e. The van der Waals surface area contributed by atoms with Crippen molar-refractivity contribution in [2.24, 2.45) is 0 Å². The van der Waals surface area contributed by atoms with E-state index < -0.39 is 278 Å². The number of aliphatic hydroxyl groups excluding tert-OH is 18. The molecule has 0 spiro atoms. The Kier molecular flexibility index (Phi) is 49.4. The first-order chi connectivity index (χ1) is 58.9. The van der Waals surface area contributed by atoms with Crippen molar-refractivity contribution < 1.29 is 178 Å². The number of ether oxygens (including phenoxy) is 12. The van der Waals surface area contributed by atoms with Crippen molar-refractivity contribution >= 4 is 29.6 Å². The molecule has 0 saturated carbocycles. The maximum Gasteiger partial charge on any atom is 0.364 e. The third-order valence-corrected chi connectivity index (χ3v) is 23.6. The summed E-state index contributed by atoms with van der Waals surface area (Å²) in [6, 6.07) is -6.63. The number of carbonyl (C=O) groups excluding carboxylic acids is 4. The lowest BCUT2D eigenvalue weighted by molar-refractivity contribution is -0.398. The summed E-state index contributed by atoms with van der Waals surface area (Å²) < 4.78 is 72.5. The average molecular weight is 1780 g/mol. The number of allylic oxidation sites excluding steroid dienone is 1. The van der Waals surface area contributed by atoms with E-state index in [1.54, 1.807) is 6.08 Å². The smallest absolute Gasteiger partial charge is 0.364 e. The SMILES string of the molecule is CCCCCCCCCCCCC/C=C/[C@@H](O)[C@H](CO[C@@H]1OC(CO)[C@@H](O[C@@H]2OC(CO)[C@H](O[C@@H]3OC(CO)[C@H](O)[C@H](O)C3NC(C)=O)[C@H](O[C@@H]3OC(CO)[C@@H](O[C@@H]4OC(CO)[C@H](O)[C@H](O[C@]5(C(=O)O)CC(O)[C@@H](NC(C)=O)C([C@H](O)[C@H](O)CO)O5)C4O)[C@H](O)C3NC(C)=O)C2O)[C@H](O)C1O)NC(=O)CCCCCCCCCCCCCCCCCCC. The second kappa shape index (κ2) is 56.5. The van der Waals surface area contributed by atoms with Crippen LogP contribution in [0.1, 0.15) is 234 Å². The van der Waals surface area contributed by atoms with Crippen molar-refractivity contribution in [2.45, 2.75) is 435 Å². The van der Waals surface area contributed by atoms with E-state index in [4.69, 9.17) is 56.8 Å². The Morgan fingerprint density at radius 3 is 1.28 bits per heavy atom. The molecular formula is C83H148N4O36. The first-order valence-electron chi connectivity index (χ1n) is 44.6. The van der Waals surface area contributed by atoms with Gasteiger partial charge in [0.2, 0.25) is 23.6 Å². The molecule has 0 radical (unpaired) electrons. The minimum absolute atomic E-state index is 0.131. The standard InChI is InChI=1S/C83H148N4O36/c1-6-8-10-12-14-16-18-20-21-22-23-25-27-29-31-33-35-37-58(100)87-49(50(97)36-34-32-30-28-26-24-19-17-15-13-11-9-7-2)45-112-79-68(107)67(106)72(56(43-92)116-79)119-81-70(109)76(73(57(44-93)117-81)120-77-60(85-47(4)95)65(104)63(102)53(40-89)113-77)121-78-61(86-48(5)96)66(105)71(55(42-91)115-78)118-80-69(108)75(64(103)54(41-90)114-80)123-83(82(110)111)38-51(98)59(84-46(3)94)74(122-83)62(101)52(99)39-88/h34,36,49-57,59-81,88-93,97-99,101-109H,6-33,35,37-45H2,1-5H3,(H,84,94)(H,85,95)(H,86,96)(H,87,100)(H,110,111)/b36-34+/t49-,50+,51?,52+,53?,54?,55?,56?,57?,59+,60?,61?,62+,63-,64-,65+,66+,67+,68?,69?,70?,71+,72+,73-,74?,75-,76+,77-,78-,79+,80-,81-,83-/m0/s1. The first-order valence-corrected chi connectivity index (χ1v) is 44.6. The Balaban J connectivity index is 1.22. The summed E-state index contributed by atoms with van der Waals surface area (Å²) in [5.74, 6) is -8.40. The fourth-order valence-electron chi connectivity index (χ4n) is 16.6. The summed E-state index contributed by atoms with van der Waals surface area (Å²) in [5.41, 5.74) is 0. The quantitative estimate of drug-likeness (QED) is 0.0225. The molecule has 6 aliphatic rings. The second-order valence-corrected chi connectivity index (χ2v) is 33.5. The molecule has 0 aliphatic carbocycles. The van der Waals surface area contributed by atoms with Crippen LogP contribution in [0.15, 0.2) is 12.2 Å². The maximum absolute atomic E-state index is 13.7. The highest BCUT2D eigenvalue weighted by atomic mass is 16.8. The minimum Gasteiger partial charge on any atom is -0.477 e. The van der Waals surface area contributed by atoms with Gasteiger partial charge in [-0.05, 0) is 19.3 Å². The number of hydrogen-bond donors (Lipinski definition) is 23. The van der Waals surface area contributed by atoms with Gasteiger partial charge < -0.3 is 175 Å². The molecule has 0 aromatic heterocycles. The van der Waals surface area contributed by atoms with Gasteiger partial charge in [-0.25, -0.2) is 4.79 Å². The van der Waals surface area contributed by atoms with E-state index in [1.807, 2.05) is 6.08 Å². The minimum atomic E-state index is -3.26. The van der Waals surface area contributed by atoms with Gasteiger partial charge in [0.1, 0.15) is 140 Å². The van der Waals surface area contributed by atoms with Crippen LogP contribution in [0.25, 0.3) is 0 Å². The van der Waals surface area contributed by atoms with Crippen LogP contribution in [0, 0.1) is 0 Å². The van der Waals surface area contributed by atoms with Crippen molar-refractivity contribution in [3.05, 3.63) is 12.2 Å². The molecule has 12 unspecified atom stereocenters. The molecule has 40 nitrogen and oxygen atoms in total. The van der Waals surface area contributed by atoms with Crippen LogP contribution in [0.5, 0.6) is 0 Å². The zero-order valence-corrected chi connectivity index (χ0v) is 71.9. The molecule has 6 fully saturated rings. The number of hydrogen-bond acceptors (Lipinski definition) is 35. The average Bonchev–Trinajstić information content (AvgIpc) is 0.770. The zero-order chi connectivity index (χ0) is 90.5. The van der Waals surface area contributed by atoms with Crippen molar-refractivity contribution in [1.29, 1.82) is 0 Å². The van der Waals surface area contributed by atoms with Gasteiger partial charge in [-0.3, -0.25) is 19.2 Å². The Morgan fingerprint density at radius 1 is 0.423 bits per heavy atom. The molecule has 6 heterocycles. The highest BCUT2D eigenvalue weighted by molar-refractivity contribution is 5.77. The van der Waals surface area contributed by atoms with E-state index >= 15 is 0 Å². The molecule has 123 heavy (non-hydrogen) atoms. The van der Waals surface area contributed by atoms with Gasteiger partial charge in [-0.2, -0.15) is 0 Å². The van der Waals surface area contributed by atoms with Gasteiger partial charge >= 0.3 is 5.97 Å². The van der Waals surface area contributed by atoms with E-state index in [9.17, 15) is 121 Å². The predicted octanol–water partition coefficient (Wildman–Crippen LogP) is -2.29. The number of aliphatic carboxylic acids is 1. The molecule has 40 heteroatoms. The van der Waals surface area contributed by atoms with E-state index in [0.717, 1.165) is 78.6 Å². The van der Waals surface area contributed by atoms with Crippen LogP contribution >= 0.6 is 0 Å². The van der Waals surface area contributed by atoms with Gasteiger partial charge in [0.25, 0.3) is 5.79 Å². The van der Waals surface area contributed by atoms with Gasteiger partial charge in [-0.15, -0.1) is 0 Å². The maximum atomic E-state index is 13.7. The number of nitrogens with one attached hydrogen (secondary N) is 4. The van der Waals surface area contributed by atoms with Gasteiger partial charge in [0.15, 0.2) is 31.5 Å². The molecular weight excluding hydrogens is 1630 g/mol. The van der Waals surface area contributed by atoms with Crippen LogP contribution in [-0.2, 0) is 80.8 Å². The summed E-state index contributed by atoms with van der Waals surface area (Å²) in [4.78, 5) is 65.2. The molecule has 6 rings (SSSR count). The molecule has 6 aliphatic heterocycles. The second-order valence-electron chi connectivity index (χ2n) is 33.5. The number of carbonyl (C=O) groups is 5. The zero-order valence-electron chi connectivity index (χ0n) is 71.9. The van der Waals surface area contributed by atoms with Crippen molar-refractivity contribution in [2.75, 3.05) is 46.2 Å². The fraction of sp³-hybridized carbons (Fsp3) is 0.916. The summed E-state index contributed by atoms with van der Waals surface area (Å²) in [7, 11) is 0. The Hall–Kier alpha value is -4.11. The van der Waals surface area contributed by atoms with Gasteiger partial charge in [0, 0.05) is 33.6 Å². The molecule has 0 aromatic carbocycles. The van der Waals surface area contributed by atoms with Crippen molar-refractivity contribution in [1.82, 2.24) is 21.3 Å². The summed E-state index contributed by atoms with van der Waals surface area (Å²) in [6.45, 7) is 0.109. The molecule has 0 aromatic rings. The lowest BCUT2D eigenvalue weighted by atomic mass is 9.88. The van der Waals surface area contributed by atoms with Crippen LogP contribution in [0.3, 0.4) is 0 Å². The first kappa shape index (κ1) is 108. The third kappa shape index (κ3) is 32.7. The van der Waals surface area contributed by atoms with Crippen LogP contribution in [-0.4, -0.2) is 375 Å². The lowest BCUT2D eigenvalue weighted by Crippen LogP contribution is -2.72. The number of unbranched alkanes of at least 4 members (excludes halogenated alkanes) is 27. The normalized spacial score (nSPS) is 35.4. The van der Waals surface area contributed by atoms with E-state index in [0.29, 0.717) is 12.8 Å². The molecule has 6 saturated heterocycles. The fourth-order valence-corrected chi connectivity index (χ4v) is 16.6. The van der Waals surface area contributed by atoms with Crippen LogP contribution in [0.4, 0.5) is 0 Å². The Morgan fingerprint density at radius 2 is 0.813 bits per heavy atom. The van der Waals surface area contributed by atoms with Crippen molar-refractivity contribution in [3.8, 4) is 0 Å². The molecule has 4 amide bonds. The predicted molar refractivity (Wildman–Crippen MR) is 432 cm³/mol. The van der Waals surface area contributed by atoms with Gasteiger partial charge in [0.05, 0.1) is 70.5 Å². The summed E-state index contributed by atoms with van der Waals surface area (Å²) in [6.07, 6.45) is -22.7. The van der Waals surface area contributed by atoms with Crippen LogP contribution < -0.4 is 21.3 Å². The number of carboxylic acid groups (broad SMARTS) is 1. The summed E-state index contributed by atoms with van der Waals surface area (Å²) in [5, 5.41) is 224. The lowest BCUT2D eigenvalue weighted by Gasteiger charge is -2.52. The van der Waals surface area contributed by atoms with Crippen molar-refractivity contribution in [3.63, 3.8) is 0 Å². The van der Waals surface area contributed by atoms with E-state index in [1.165, 1.54) is 116 Å². The molecule has 33 atom stereocenters. The highest BCUT2D eigenvalue weighted by Gasteiger charge is 2.62. The van der Waals surface area contributed by atoms with E-state index in [-0.39, 0.29) is 12.3 Å². The highest BCUT2D eigenvalue weighted by Crippen LogP contribution is 2.41. The topological polar surface area (TPSA) is 629 Å². The molecule has 716 valence electrons. The molecule has 0 bridgehead atoms. The molecule has 23 N–H and O–H groups in total. The third-order valence-electron chi connectivity index (χ3n) is 23.6.